The van der Waals surface area contributed by atoms with Crippen LogP contribution in [-0.2, 0) is 18.0 Å². The van der Waals surface area contributed by atoms with E-state index < -0.39 is 42.3 Å². The first-order chi connectivity index (χ1) is 21.0. The molecule has 0 aromatic rings. The third-order valence-electron chi connectivity index (χ3n) is 12.5. The lowest BCUT2D eigenvalue weighted by Gasteiger charge is -2.53. The average Bonchev–Trinajstić information content (AvgIpc) is 3.00. The minimum absolute atomic E-state index is 0.0650. The number of hydrogen-bond donors (Lipinski definition) is 2. The Morgan fingerprint density at radius 2 is 1.33 bits per heavy atom. The van der Waals surface area contributed by atoms with Crippen molar-refractivity contribution in [1.82, 2.24) is 0 Å². The van der Waals surface area contributed by atoms with Crippen molar-refractivity contribution in [2.45, 2.75) is 199 Å². The molecule has 0 aromatic carbocycles. The summed E-state index contributed by atoms with van der Waals surface area (Å²) in [5.41, 5.74) is 0.758. The van der Waals surface area contributed by atoms with Crippen molar-refractivity contribution >= 4 is 25.0 Å². The maximum Gasteiger partial charge on any atom is 0.200 e. The quantitative estimate of drug-likeness (QED) is 0.110. The Bertz CT molecular complexity index is 895. The van der Waals surface area contributed by atoms with Crippen LogP contribution in [0.25, 0.3) is 0 Å². The van der Waals surface area contributed by atoms with Gasteiger partial charge >= 0.3 is 0 Å². The van der Waals surface area contributed by atoms with Gasteiger partial charge in [0.05, 0.1) is 24.4 Å². The molecule has 0 aliphatic carbocycles. The Labute approximate surface area is 281 Å². The molecular weight excluding hydrogens is 613 g/mol. The van der Waals surface area contributed by atoms with E-state index in [0.29, 0.717) is 36.1 Å². The molecule has 0 radical (unpaired) electrons. The number of aliphatic hydroxyl groups is 2. The number of ether oxygens (including phenoxy) is 1. The lowest BCUT2D eigenvalue weighted by Crippen LogP contribution is -2.62. The summed E-state index contributed by atoms with van der Waals surface area (Å²) < 4.78 is 29.0. The molecule has 1 saturated heterocycles. The highest BCUT2D eigenvalue weighted by Gasteiger charge is 2.54. The minimum Gasteiger partial charge on any atom is -0.415 e. The van der Waals surface area contributed by atoms with E-state index in [1.807, 2.05) is 0 Å². The summed E-state index contributed by atoms with van der Waals surface area (Å²) in [6, 6.07) is 6.39. The SMILES string of the molecule is CC[Si](CC)(CC)O[C@H]1C[C@@](C)(O[Si](CC)(CC)CC)[C@@H]2CC[C@@](O)(CO)[C@H](C=C1[C@H](C)CO[Si](C(C)C)(C(C)C)C(C)C)O2. The highest BCUT2D eigenvalue weighted by molar-refractivity contribution is 6.77. The molecule has 6 atom stereocenters. The second-order valence-corrected chi connectivity index (χ2v) is 30.6. The van der Waals surface area contributed by atoms with Crippen molar-refractivity contribution in [2.75, 3.05) is 13.2 Å². The smallest absolute Gasteiger partial charge is 0.200 e. The van der Waals surface area contributed by atoms with Gasteiger partial charge in [-0.1, -0.05) is 96.1 Å². The fourth-order valence-corrected chi connectivity index (χ4v) is 20.4. The topological polar surface area (TPSA) is 77.4 Å². The lowest BCUT2D eigenvalue weighted by atomic mass is 9.76. The highest BCUT2D eigenvalue weighted by atomic mass is 28.4. The fourth-order valence-electron chi connectivity index (χ4n) is 8.93. The predicted molar refractivity (Wildman–Crippen MR) is 198 cm³/mol. The summed E-state index contributed by atoms with van der Waals surface area (Å²) in [4.78, 5) is 0. The third-order valence-corrected chi connectivity index (χ3v) is 28.0. The Morgan fingerprint density at radius 1 is 0.844 bits per heavy atom. The maximum absolute atomic E-state index is 11.8. The van der Waals surface area contributed by atoms with E-state index in [0.717, 1.165) is 48.3 Å². The van der Waals surface area contributed by atoms with Crippen LogP contribution in [0.15, 0.2) is 11.6 Å². The van der Waals surface area contributed by atoms with E-state index in [1.54, 1.807) is 0 Å². The van der Waals surface area contributed by atoms with E-state index in [1.165, 1.54) is 0 Å². The molecule has 0 aromatic heterocycles. The van der Waals surface area contributed by atoms with Gasteiger partial charge in [-0.2, -0.15) is 0 Å². The van der Waals surface area contributed by atoms with Crippen molar-refractivity contribution in [3.05, 3.63) is 11.6 Å². The van der Waals surface area contributed by atoms with Crippen LogP contribution in [0.2, 0.25) is 52.9 Å². The van der Waals surface area contributed by atoms with Crippen LogP contribution in [0.1, 0.15) is 116 Å². The van der Waals surface area contributed by atoms with E-state index in [-0.39, 0.29) is 24.7 Å². The molecule has 266 valence electrons. The number of hydrogen-bond acceptors (Lipinski definition) is 6. The molecule has 9 heteroatoms. The van der Waals surface area contributed by atoms with Crippen molar-refractivity contribution in [1.29, 1.82) is 0 Å². The Balaban J connectivity index is 2.77. The van der Waals surface area contributed by atoms with Crippen LogP contribution in [0, 0.1) is 5.92 Å². The fraction of sp³-hybridized carbons (Fsp3) is 0.944. The minimum atomic E-state index is -2.10. The van der Waals surface area contributed by atoms with Crippen molar-refractivity contribution in [3.63, 3.8) is 0 Å². The van der Waals surface area contributed by atoms with Gasteiger partial charge < -0.3 is 28.2 Å². The van der Waals surface area contributed by atoms with Crippen LogP contribution >= 0.6 is 0 Å². The molecule has 6 nitrogen and oxygen atoms in total. The molecule has 2 rings (SSSR count). The van der Waals surface area contributed by atoms with Gasteiger partial charge in [-0.05, 0) is 78.2 Å². The number of fused-ring (bicyclic) bond motifs is 2. The molecule has 1 fully saturated rings. The summed E-state index contributed by atoms with van der Waals surface area (Å²) in [5, 5.41) is 22.3. The number of rotatable bonds is 18. The van der Waals surface area contributed by atoms with Crippen LogP contribution in [0.4, 0.5) is 0 Å². The zero-order chi connectivity index (χ0) is 34.4. The standard InChI is InChI=1S/C36H74O6Si3/c1-15-43(16-2,17-3)41-32-24-35(14,42-44(18-4,19-5)20-6)33-21-22-36(38,26-37)34(40-33)23-31(32)30(13)25-39-45(27(7)8,28(9)10)29(11)12/h23,27-30,32-34,37-38H,15-22,24-26H2,1-14H3/t30-,32+,33+,34+,35-,36-/m1/s1. The molecule has 2 N–H and O–H groups in total. The van der Waals surface area contributed by atoms with Gasteiger partial charge in [-0.15, -0.1) is 0 Å². The molecule has 2 heterocycles. The Kier molecular flexibility index (Phi) is 15.3. The zero-order valence-corrected chi connectivity index (χ0v) is 34.9. The molecule has 45 heavy (non-hydrogen) atoms. The van der Waals surface area contributed by atoms with Gasteiger partial charge in [-0.25, -0.2) is 0 Å². The third kappa shape index (κ3) is 8.66. The van der Waals surface area contributed by atoms with Gasteiger partial charge in [0.25, 0.3) is 0 Å². The predicted octanol–water partition coefficient (Wildman–Crippen LogP) is 9.59. The summed E-state index contributed by atoms with van der Waals surface area (Å²) in [6.07, 6.45) is 3.07. The first-order valence-electron chi connectivity index (χ1n) is 18.7. The normalized spacial score (nSPS) is 29.2. The summed E-state index contributed by atoms with van der Waals surface area (Å²) in [7, 11) is -6.17. The summed E-state index contributed by atoms with van der Waals surface area (Å²) in [6.45, 7) is 32.6. The first kappa shape index (κ1) is 41.3. The highest BCUT2D eigenvalue weighted by Crippen LogP contribution is 2.47. The maximum atomic E-state index is 11.8. The molecule has 0 spiro atoms. The van der Waals surface area contributed by atoms with Crippen LogP contribution in [0.3, 0.4) is 0 Å². The van der Waals surface area contributed by atoms with Crippen molar-refractivity contribution < 1.29 is 28.2 Å². The second kappa shape index (κ2) is 16.7. The molecule has 2 bridgehead atoms. The lowest BCUT2D eigenvalue weighted by molar-refractivity contribution is -0.216. The van der Waals surface area contributed by atoms with E-state index in [4.69, 9.17) is 18.0 Å². The van der Waals surface area contributed by atoms with Gasteiger partial charge in [-0.3, -0.25) is 0 Å². The molecule has 0 amide bonds. The Hall–Kier alpha value is 0.151. The molecule has 2 aliphatic rings. The molecule has 0 unspecified atom stereocenters. The van der Waals surface area contributed by atoms with Gasteiger partial charge in [0.1, 0.15) is 11.7 Å². The summed E-state index contributed by atoms with van der Waals surface area (Å²) >= 11 is 0. The zero-order valence-electron chi connectivity index (χ0n) is 31.9. The van der Waals surface area contributed by atoms with E-state index >= 15 is 0 Å². The monoisotopic (exact) mass is 686 g/mol. The average molecular weight is 687 g/mol. The first-order valence-corrected chi connectivity index (χ1v) is 25.9. The van der Waals surface area contributed by atoms with Crippen LogP contribution < -0.4 is 0 Å². The second-order valence-electron chi connectivity index (χ2n) is 15.8. The van der Waals surface area contributed by atoms with E-state index in [2.05, 4.69) is 103 Å². The van der Waals surface area contributed by atoms with E-state index in [9.17, 15) is 10.2 Å². The summed E-state index contributed by atoms with van der Waals surface area (Å²) in [5.74, 6) is 0.0650. The Morgan fingerprint density at radius 3 is 1.76 bits per heavy atom. The van der Waals surface area contributed by atoms with Gasteiger partial charge in [0.15, 0.2) is 25.0 Å². The van der Waals surface area contributed by atoms with Crippen LogP contribution in [-0.4, -0.2) is 77.9 Å². The molecule has 0 saturated carbocycles. The van der Waals surface area contributed by atoms with Crippen molar-refractivity contribution in [3.8, 4) is 0 Å². The van der Waals surface area contributed by atoms with Gasteiger partial charge in [0, 0.05) is 18.9 Å². The number of aliphatic hydroxyl groups excluding tert-OH is 1. The van der Waals surface area contributed by atoms with Crippen LogP contribution in [0.5, 0.6) is 0 Å². The van der Waals surface area contributed by atoms with Crippen molar-refractivity contribution in [2.24, 2.45) is 5.92 Å². The van der Waals surface area contributed by atoms with Gasteiger partial charge in [0.2, 0.25) is 0 Å². The molecular formula is C36H74O6Si3. The molecule has 2 aliphatic heterocycles. The largest absolute Gasteiger partial charge is 0.415 e.